The van der Waals surface area contributed by atoms with Crippen LogP contribution in [0.25, 0.3) is 11.0 Å². The van der Waals surface area contributed by atoms with Gasteiger partial charge < -0.3 is 4.57 Å². The maximum atomic E-state index is 13.6. The molecule has 1 heterocycles. The number of aryl methyl sites for hydroxylation is 2. The fourth-order valence-corrected chi connectivity index (χ4v) is 1.52. The van der Waals surface area contributed by atoms with Crippen molar-refractivity contribution < 1.29 is 8.78 Å². The number of aromatic nitrogens is 2. The highest BCUT2D eigenvalue weighted by Crippen LogP contribution is 2.23. The maximum Gasteiger partial charge on any atom is 0.185 e. The zero-order valence-corrected chi connectivity index (χ0v) is 8.31. The molecule has 0 aliphatic rings. The topological polar surface area (TPSA) is 17.8 Å². The molecule has 0 saturated carbocycles. The van der Waals surface area contributed by atoms with Gasteiger partial charge in [0.05, 0.1) is 11.1 Å². The zero-order chi connectivity index (χ0) is 11.2. The lowest BCUT2D eigenvalue weighted by atomic mass is 10.2. The van der Waals surface area contributed by atoms with Gasteiger partial charge in [-0.1, -0.05) is 5.92 Å². The smallest absolute Gasteiger partial charge is 0.185 e. The summed E-state index contributed by atoms with van der Waals surface area (Å²) in [6.45, 7) is 1.72. The Morgan fingerprint density at radius 2 is 2.07 bits per heavy atom. The summed E-state index contributed by atoms with van der Waals surface area (Å²) in [5.41, 5.74) is 0.420. The molecule has 0 N–H and O–H groups in total. The molecular weight excluding hydrogens is 198 g/mol. The molecule has 0 spiro atoms. The van der Waals surface area contributed by atoms with Crippen LogP contribution in [0.5, 0.6) is 0 Å². The van der Waals surface area contributed by atoms with E-state index in [1.807, 2.05) is 0 Å². The summed E-state index contributed by atoms with van der Waals surface area (Å²) in [4.78, 5) is 4.08. The van der Waals surface area contributed by atoms with Gasteiger partial charge in [-0.2, -0.15) is 0 Å². The Labute approximate surface area is 85.5 Å². The second-order valence-electron chi connectivity index (χ2n) is 3.28. The van der Waals surface area contributed by atoms with Crippen molar-refractivity contribution in [3.05, 3.63) is 29.1 Å². The third kappa shape index (κ3) is 1.20. The van der Waals surface area contributed by atoms with Crippen molar-refractivity contribution >= 4 is 11.0 Å². The first-order valence-corrected chi connectivity index (χ1v) is 4.34. The Morgan fingerprint density at radius 3 is 2.67 bits per heavy atom. The van der Waals surface area contributed by atoms with Gasteiger partial charge in [0.15, 0.2) is 11.6 Å². The van der Waals surface area contributed by atoms with Gasteiger partial charge in [0, 0.05) is 7.05 Å². The molecule has 2 rings (SSSR count). The molecule has 0 bridgehead atoms. The number of nitrogens with zero attached hydrogens (tertiary/aromatic N) is 2. The van der Waals surface area contributed by atoms with Crippen molar-refractivity contribution in [3.8, 4) is 12.3 Å². The summed E-state index contributed by atoms with van der Waals surface area (Å²) in [5, 5.41) is 0. The molecule has 4 heteroatoms. The summed E-state index contributed by atoms with van der Waals surface area (Å²) in [5.74, 6) is 0.768. The van der Waals surface area contributed by atoms with Gasteiger partial charge in [-0.05, 0) is 13.0 Å². The van der Waals surface area contributed by atoms with E-state index in [1.54, 1.807) is 14.0 Å². The molecule has 2 aromatic rings. The van der Waals surface area contributed by atoms with E-state index >= 15 is 0 Å². The lowest BCUT2D eigenvalue weighted by Crippen LogP contribution is -1.97. The van der Waals surface area contributed by atoms with Gasteiger partial charge in [0.2, 0.25) is 0 Å². The van der Waals surface area contributed by atoms with Crippen molar-refractivity contribution in [2.45, 2.75) is 6.92 Å². The van der Waals surface area contributed by atoms with Crippen LogP contribution in [-0.2, 0) is 7.05 Å². The fourth-order valence-electron chi connectivity index (χ4n) is 1.52. The molecule has 1 aromatic carbocycles. The predicted molar refractivity (Wildman–Crippen MR) is 53.3 cm³/mol. The van der Waals surface area contributed by atoms with Gasteiger partial charge in [-0.3, -0.25) is 0 Å². The highest BCUT2D eigenvalue weighted by Gasteiger charge is 2.16. The van der Waals surface area contributed by atoms with Crippen molar-refractivity contribution in [1.82, 2.24) is 9.55 Å². The predicted octanol–water partition coefficient (Wildman–Crippen LogP) is 2.14. The highest BCUT2D eigenvalue weighted by molar-refractivity contribution is 5.78. The normalized spacial score (nSPS) is 10.6. The van der Waals surface area contributed by atoms with E-state index in [0.717, 1.165) is 0 Å². The minimum absolute atomic E-state index is 0.0990. The van der Waals surface area contributed by atoms with Crippen LogP contribution in [0.1, 0.15) is 11.4 Å². The van der Waals surface area contributed by atoms with Crippen molar-refractivity contribution in [2.75, 3.05) is 0 Å². The molecule has 1 aromatic heterocycles. The SMILES string of the molecule is C#Cc1cc2nc(C)n(C)c2c(F)c1F. The Balaban J connectivity index is 2.99. The van der Waals surface area contributed by atoms with Crippen molar-refractivity contribution in [3.63, 3.8) is 0 Å². The average molecular weight is 206 g/mol. The van der Waals surface area contributed by atoms with Crippen LogP contribution >= 0.6 is 0 Å². The van der Waals surface area contributed by atoms with E-state index in [4.69, 9.17) is 6.42 Å². The molecule has 0 saturated heterocycles. The van der Waals surface area contributed by atoms with E-state index in [9.17, 15) is 8.78 Å². The number of halogens is 2. The number of fused-ring (bicyclic) bond motifs is 1. The average Bonchev–Trinajstić information content (AvgIpc) is 2.49. The highest BCUT2D eigenvalue weighted by atomic mass is 19.2. The molecule has 76 valence electrons. The third-order valence-electron chi connectivity index (χ3n) is 2.42. The Morgan fingerprint density at radius 1 is 1.40 bits per heavy atom. The minimum atomic E-state index is -0.993. The van der Waals surface area contributed by atoms with Crippen LogP contribution in [0.2, 0.25) is 0 Å². The Kier molecular flexibility index (Phi) is 1.97. The van der Waals surface area contributed by atoms with Gasteiger partial charge >= 0.3 is 0 Å². The minimum Gasteiger partial charge on any atom is -0.329 e. The Bertz CT molecular complexity index is 591. The first-order valence-electron chi connectivity index (χ1n) is 4.34. The first-order chi connectivity index (χ1) is 7.06. The largest absolute Gasteiger partial charge is 0.329 e. The standard InChI is InChI=1S/C11H8F2N2/c1-4-7-5-8-11(10(13)9(7)12)15(3)6(2)14-8/h1,5H,2-3H3. The quantitative estimate of drug-likeness (QED) is 0.604. The molecule has 2 nitrogen and oxygen atoms in total. The first kappa shape index (κ1) is 9.66. The number of hydrogen-bond acceptors (Lipinski definition) is 1. The molecule has 0 fully saturated rings. The monoisotopic (exact) mass is 206 g/mol. The molecule has 0 aliphatic carbocycles. The zero-order valence-electron chi connectivity index (χ0n) is 8.31. The van der Waals surface area contributed by atoms with Gasteiger partial charge in [-0.25, -0.2) is 13.8 Å². The van der Waals surface area contributed by atoms with Gasteiger partial charge in [0.1, 0.15) is 11.3 Å². The molecule has 0 radical (unpaired) electrons. The lowest BCUT2D eigenvalue weighted by molar-refractivity contribution is 0.511. The lowest BCUT2D eigenvalue weighted by Gasteiger charge is -2.01. The summed E-state index contributed by atoms with van der Waals surface area (Å²) in [6.07, 6.45) is 5.06. The van der Waals surface area contributed by atoms with Crippen molar-refractivity contribution in [1.29, 1.82) is 0 Å². The molecular formula is C11H8F2N2. The second-order valence-corrected chi connectivity index (χ2v) is 3.28. The molecule has 0 unspecified atom stereocenters. The van der Waals surface area contributed by atoms with Crippen LogP contribution in [0.15, 0.2) is 6.07 Å². The van der Waals surface area contributed by atoms with E-state index < -0.39 is 11.6 Å². The summed E-state index contributed by atoms with van der Waals surface area (Å²) < 4.78 is 28.4. The van der Waals surface area contributed by atoms with Crippen LogP contribution in [0, 0.1) is 30.9 Å². The molecule has 0 aliphatic heterocycles. The van der Waals surface area contributed by atoms with E-state index in [-0.39, 0.29) is 11.1 Å². The fraction of sp³-hybridized carbons (Fsp3) is 0.182. The molecule has 0 atom stereocenters. The van der Waals surface area contributed by atoms with E-state index in [2.05, 4.69) is 10.9 Å². The Hall–Kier alpha value is -1.89. The van der Waals surface area contributed by atoms with Gasteiger partial charge in [-0.15, -0.1) is 6.42 Å². The number of imidazole rings is 1. The van der Waals surface area contributed by atoms with Crippen LogP contribution in [0.3, 0.4) is 0 Å². The summed E-state index contributed by atoms with van der Waals surface area (Å²) in [6, 6.07) is 1.38. The number of rotatable bonds is 0. The second kappa shape index (κ2) is 3.06. The van der Waals surface area contributed by atoms with Crippen molar-refractivity contribution in [2.24, 2.45) is 7.05 Å². The number of benzene rings is 1. The van der Waals surface area contributed by atoms with Gasteiger partial charge in [0.25, 0.3) is 0 Å². The van der Waals surface area contributed by atoms with Crippen LogP contribution in [-0.4, -0.2) is 9.55 Å². The van der Waals surface area contributed by atoms with E-state index in [0.29, 0.717) is 11.3 Å². The third-order valence-corrected chi connectivity index (χ3v) is 2.42. The summed E-state index contributed by atoms with van der Waals surface area (Å²) >= 11 is 0. The maximum absolute atomic E-state index is 13.6. The molecule has 0 amide bonds. The molecule has 15 heavy (non-hydrogen) atoms. The number of terminal acetylenes is 1. The number of hydrogen-bond donors (Lipinski definition) is 0. The van der Waals surface area contributed by atoms with Crippen LogP contribution in [0.4, 0.5) is 8.78 Å². The van der Waals surface area contributed by atoms with E-state index in [1.165, 1.54) is 10.6 Å². The van der Waals surface area contributed by atoms with Crippen LogP contribution < -0.4 is 0 Å². The summed E-state index contributed by atoms with van der Waals surface area (Å²) in [7, 11) is 1.63.